The molecule has 2 aromatic carbocycles. The van der Waals surface area contributed by atoms with E-state index in [1.807, 2.05) is 12.1 Å². The van der Waals surface area contributed by atoms with E-state index >= 15 is 0 Å². The molecule has 1 aliphatic heterocycles. The van der Waals surface area contributed by atoms with Crippen molar-refractivity contribution in [2.45, 2.75) is 24.7 Å². The Hall–Kier alpha value is -2.70. The Labute approximate surface area is 170 Å². The van der Waals surface area contributed by atoms with Gasteiger partial charge in [0.1, 0.15) is 5.75 Å². The van der Waals surface area contributed by atoms with E-state index in [0.717, 1.165) is 30.5 Å². The van der Waals surface area contributed by atoms with Crippen LogP contribution in [0.2, 0.25) is 10.0 Å². The standard InChI is InChI=1S/C20H14Cl2N4O2/c21-14-8-11(18-23-6-7-24-26-18)9-15(22)17(14)28-12-2-3-16-13(10-12)20(4-1-5-20)19(27)25-16/h2-3,6-10H,1,4-5H2,(H,25,27). The third-order valence-corrected chi connectivity index (χ3v) is 5.92. The summed E-state index contributed by atoms with van der Waals surface area (Å²) in [6, 6.07) is 8.92. The molecule has 5 rings (SSSR count). The summed E-state index contributed by atoms with van der Waals surface area (Å²) in [5.74, 6) is 1.42. The lowest BCUT2D eigenvalue weighted by molar-refractivity contribution is -0.123. The van der Waals surface area contributed by atoms with Crippen molar-refractivity contribution in [3.05, 3.63) is 58.3 Å². The van der Waals surface area contributed by atoms with Crippen LogP contribution in [0.15, 0.2) is 42.7 Å². The van der Waals surface area contributed by atoms with Crippen LogP contribution in [0.25, 0.3) is 11.4 Å². The van der Waals surface area contributed by atoms with Crippen molar-refractivity contribution >= 4 is 34.8 Å². The Morgan fingerprint density at radius 1 is 1.07 bits per heavy atom. The Morgan fingerprint density at radius 3 is 2.50 bits per heavy atom. The minimum Gasteiger partial charge on any atom is -0.454 e. The number of hydrogen-bond acceptors (Lipinski definition) is 5. The fourth-order valence-electron chi connectivity index (χ4n) is 3.77. The summed E-state index contributed by atoms with van der Waals surface area (Å²) < 4.78 is 5.99. The number of halogens is 2. The molecule has 0 unspecified atom stereocenters. The first kappa shape index (κ1) is 17.4. The number of carbonyl (C=O) groups is 1. The summed E-state index contributed by atoms with van der Waals surface area (Å²) in [6.45, 7) is 0. The van der Waals surface area contributed by atoms with E-state index in [2.05, 4.69) is 20.5 Å². The van der Waals surface area contributed by atoms with Crippen molar-refractivity contribution in [2.24, 2.45) is 0 Å². The minimum atomic E-state index is -0.413. The molecule has 3 aromatic rings. The topological polar surface area (TPSA) is 77.0 Å². The highest BCUT2D eigenvalue weighted by Gasteiger charge is 2.51. The van der Waals surface area contributed by atoms with Gasteiger partial charge in [-0.15, -0.1) is 5.10 Å². The van der Waals surface area contributed by atoms with Crippen LogP contribution in [-0.4, -0.2) is 21.1 Å². The SMILES string of the molecule is O=C1Nc2ccc(Oc3c(Cl)cc(-c4nccnn4)cc3Cl)cc2C12CCC2. The Balaban J connectivity index is 1.49. The predicted octanol–water partition coefficient (Wildman–Crippen LogP) is 5.01. The van der Waals surface area contributed by atoms with Crippen molar-refractivity contribution in [2.75, 3.05) is 5.32 Å². The molecule has 1 fully saturated rings. The lowest BCUT2D eigenvalue weighted by atomic mass is 9.65. The van der Waals surface area contributed by atoms with E-state index in [1.165, 1.54) is 6.20 Å². The molecule has 140 valence electrons. The lowest BCUT2D eigenvalue weighted by Gasteiger charge is -2.36. The van der Waals surface area contributed by atoms with Crippen LogP contribution in [-0.2, 0) is 10.2 Å². The molecule has 1 N–H and O–H groups in total. The maximum atomic E-state index is 12.4. The van der Waals surface area contributed by atoms with Crippen molar-refractivity contribution in [1.82, 2.24) is 15.2 Å². The Bertz CT molecular complexity index is 1080. The number of carbonyl (C=O) groups excluding carboxylic acids is 1. The van der Waals surface area contributed by atoms with Gasteiger partial charge in [0.25, 0.3) is 0 Å². The quantitative estimate of drug-likeness (QED) is 0.653. The summed E-state index contributed by atoms with van der Waals surface area (Å²) >= 11 is 12.8. The second-order valence-corrected chi connectivity index (χ2v) is 7.75. The first-order valence-corrected chi connectivity index (χ1v) is 9.59. The number of amides is 1. The van der Waals surface area contributed by atoms with Crippen molar-refractivity contribution in [1.29, 1.82) is 0 Å². The van der Waals surface area contributed by atoms with E-state index in [0.29, 0.717) is 32.9 Å². The molecule has 6 nitrogen and oxygen atoms in total. The first-order valence-electron chi connectivity index (χ1n) is 8.84. The molecule has 1 aliphatic carbocycles. The van der Waals surface area contributed by atoms with E-state index in [4.69, 9.17) is 27.9 Å². The van der Waals surface area contributed by atoms with Gasteiger partial charge in [0.2, 0.25) is 5.91 Å². The summed E-state index contributed by atoms with van der Waals surface area (Å²) in [5.41, 5.74) is 2.06. The molecular formula is C20H14Cl2N4O2. The van der Waals surface area contributed by atoms with Gasteiger partial charge in [0.05, 0.1) is 21.7 Å². The number of ether oxygens (including phenoxy) is 1. The second-order valence-electron chi connectivity index (χ2n) is 6.93. The number of benzene rings is 2. The molecule has 8 heteroatoms. The van der Waals surface area contributed by atoms with Crippen LogP contribution in [0.1, 0.15) is 24.8 Å². The van der Waals surface area contributed by atoms with E-state index < -0.39 is 5.41 Å². The summed E-state index contributed by atoms with van der Waals surface area (Å²) in [4.78, 5) is 16.5. The molecule has 0 saturated heterocycles. The van der Waals surface area contributed by atoms with Gasteiger partial charge in [0.15, 0.2) is 11.6 Å². The maximum absolute atomic E-state index is 12.4. The van der Waals surface area contributed by atoms with Gasteiger partial charge in [-0.2, -0.15) is 5.10 Å². The zero-order valence-electron chi connectivity index (χ0n) is 14.6. The molecule has 2 heterocycles. The number of nitrogens with one attached hydrogen (secondary N) is 1. The van der Waals surface area contributed by atoms with Gasteiger partial charge < -0.3 is 10.1 Å². The minimum absolute atomic E-state index is 0.0720. The molecule has 0 atom stereocenters. The molecule has 0 bridgehead atoms. The number of nitrogens with zero attached hydrogens (tertiary/aromatic N) is 3. The molecule has 2 aliphatic rings. The Kier molecular flexibility index (Phi) is 4.00. The molecule has 28 heavy (non-hydrogen) atoms. The van der Waals surface area contributed by atoms with Crippen LogP contribution >= 0.6 is 23.2 Å². The maximum Gasteiger partial charge on any atom is 0.235 e. The lowest BCUT2D eigenvalue weighted by Crippen LogP contribution is -2.40. The second kappa shape index (κ2) is 6.43. The van der Waals surface area contributed by atoms with E-state index in [-0.39, 0.29) is 5.91 Å². The van der Waals surface area contributed by atoms with Crippen molar-refractivity contribution in [3.8, 4) is 22.9 Å². The number of rotatable bonds is 3. The highest BCUT2D eigenvalue weighted by Crippen LogP contribution is 2.52. The van der Waals surface area contributed by atoms with Gasteiger partial charge in [-0.3, -0.25) is 4.79 Å². The molecule has 1 spiro atoms. The third-order valence-electron chi connectivity index (χ3n) is 5.36. The molecule has 1 amide bonds. The zero-order valence-corrected chi connectivity index (χ0v) is 16.1. The number of anilines is 1. The van der Waals surface area contributed by atoms with Crippen LogP contribution in [0.4, 0.5) is 5.69 Å². The normalized spacial score (nSPS) is 16.4. The largest absolute Gasteiger partial charge is 0.454 e. The summed E-state index contributed by atoms with van der Waals surface area (Å²) in [5, 5.41) is 11.4. The first-order chi connectivity index (χ1) is 13.6. The van der Waals surface area contributed by atoms with E-state index in [9.17, 15) is 4.79 Å². The molecule has 1 aromatic heterocycles. The summed E-state index contributed by atoms with van der Waals surface area (Å²) in [6.07, 6.45) is 5.80. The van der Waals surface area contributed by atoms with Crippen molar-refractivity contribution in [3.63, 3.8) is 0 Å². The van der Waals surface area contributed by atoms with Gasteiger partial charge >= 0.3 is 0 Å². The van der Waals surface area contributed by atoms with Crippen LogP contribution in [0.3, 0.4) is 0 Å². The molecule has 0 radical (unpaired) electrons. The zero-order chi connectivity index (χ0) is 19.3. The number of aromatic nitrogens is 3. The van der Waals surface area contributed by atoms with Crippen LogP contribution < -0.4 is 10.1 Å². The van der Waals surface area contributed by atoms with Crippen molar-refractivity contribution < 1.29 is 9.53 Å². The Morgan fingerprint density at radius 2 is 1.86 bits per heavy atom. The van der Waals surface area contributed by atoms with Crippen LogP contribution in [0, 0.1) is 0 Å². The van der Waals surface area contributed by atoms with Gasteiger partial charge in [-0.1, -0.05) is 29.6 Å². The number of hydrogen-bond donors (Lipinski definition) is 1. The third kappa shape index (κ3) is 2.64. The molecule has 1 saturated carbocycles. The predicted molar refractivity (Wildman–Crippen MR) is 106 cm³/mol. The fraction of sp³-hybridized carbons (Fsp3) is 0.200. The van der Waals surface area contributed by atoms with Gasteiger partial charge in [-0.25, -0.2) is 4.98 Å². The monoisotopic (exact) mass is 412 g/mol. The fourth-order valence-corrected chi connectivity index (χ4v) is 4.33. The smallest absolute Gasteiger partial charge is 0.235 e. The number of fused-ring (bicyclic) bond motifs is 2. The highest BCUT2D eigenvalue weighted by molar-refractivity contribution is 6.37. The molecular weight excluding hydrogens is 399 g/mol. The summed E-state index contributed by atoms with van der Waals surface area (Å²) in [7, 11) is 0. The average molecular weight is 413 g/mol. The van der Waals surface area contributed by atoms with Crippen LogP contribution in [0.5, 0.6) is 11.5 Å². The highest BCUT2D eigenvalue weighted by atomic mass is 35.5. The van der Waals surface area contributed by atoms with E-state index in [1.54, 1.807) is 24.4 Å². The average Bonchev–Trinajstić information content (AvgIpc) is 2.96. The van der Waals surface area contributed by atoms with Gasteiger partial charge in [-0.05, 0) is 48.7 Å². The van der Waals surface area contributed by atoms with Gasteiger partial charge in [0, 0.05) is 17.4 Å².